The van der Waals surface area contributed by atoms with Gasteiger partial charge in [0.25, 0.3) is 5.91 Å². The van der Waals surface area contributed by atoms with Crippen LogP contribution in [0.5, 0.6) is 0 Å². The Morgan fingerprint density at radius 3 is 2.59 bits per heavy atom. The number of rotatable bonds is 9. The summed E-state index contributed by atoms with van der Waals surface area (Å²) in [6.45, 7) is 2.57. The Bertz CT molecular complexity index is 808. The number of hydrogen-bond donors (Lipinski definition) is 1. The number of aliphatic hydroxyl groups is 1. The van der Waals surface area contributed by atoms with E-state index in [1.807, 2.05) is 30.3 Å². The molecule has 1 unspecified atom stereocenters. The lowest BCUT2D eigenvalue weighted by atomic mass is 9.96. The van der Waals surface area contributed by atoms with Crippen molar-refractivity contribution in [2.75, 3.05) is 6.54 Å². The summed E-state index contributed by atoms with van der Waals surface area (Å²) in [4.78, 5) is 27.1. The van der Waals surface area contributed by atoms with Crippen LogP contribution < -0.4 is 0 Å². The van der Waals surface area contributed by atoms with Crippen molar-refractivity contribution in [3.63, 3.8) is 0 Å². The molecule has 1 aliphatic rings. The van der Waals surface area contributed by atoms with E-state index in [1.165, 1.54) is 6.26 Å². The molecule has 0 saturated heterocycles. The Hall–Kier alpha value is -2.82. The van der Waals surface area contributed by atoms with Gasteiger partial charge in [-0.05, 0) is 30.5 Å². The second-order valence-electron chi connectivity index (χ2n) is 6.79. The molecule has 0 spiro atoms. The topological polar surface area (TPSA) is 70.8 Å². The van der Waals surface area contributed by atoms with Crippen molar-refractivity contribution in [3.05, 3.63) is 71.4 Å². The Kier molecular flexibility index (Phi) is 6.12. The molecule has 5 heteroatoms. The average molecular weight is 367 g/mol. The van der Waals surface area contributed by atoms with Crippen LogP contribution in [0.25, 0.3) is 0 Å². The zero-order valence-corrected chi connectivity index (χ0v) is 15.6. The standard InChI is InChI=1S/C22H25NO4/c1-2-3-7-14-23-20(18-11-8-15-27-18)19(21(25)22(23)26)17(24)13-12-16-9-5-4-6-10-16/h4-6,8-11,15,20,25H,2-3,7,12-14H2,1H3. The summed E-state index contributed by atoms with van der Waals surface area (Å²) in [7, 11) is 0. The molecule has 142 valence electrons. The fraction of sp³-hybridized carbons (Fsp3) is 0.364. The number of unbranched alkanes of at least 4 members (excludes halogenated alkanes) is 2. The van der Waals surface area contributed by atoms with E-state index in [1.54, 1.807) is 17.0 Å². The first-order valence-electron chi connectivity index (χ1n) is 9.48. The van der Waals surface area contributed by atoms with Gasteiger partial charge >= 0.3 is 0 Å². The van der Waals surface area contributed by atoms with Crippen LogP contribution in [0.15, 0.2) is 64.5 Å². The van der Waals surface area contributed by atoms with E-state index in [0.29, 0.717) is 18.7 Å². The molecule has 1 N–H and O–H groups in total. The second kappa shape index (κ2) is 8.71. The van der Waals surface area contributed by atoms with Gasteiger partial charge in [-0.3, -0.25) is 9.59 Å². The van der Waals surface area contributed by atoms with E-state index >= 15 is 0 Å². The minimum absolute atomic E-state index is 0.155. The Morgan fingerprint density at radius 1 is 1.15 bits per heavy atom. The highest BCUT2D eigenvalue weighted by Gasteiger charge is 2.44. The number of Topliss-reactive ketones (excluding diaryl/α,β-unsaturated/α-hetero) is 1. The molecule has 0 saturated carbocycles. The van der Waals surface area contributed by atoms with Gasteiger partial charge in [-0.25, -0.2) is 0 Å². The zero-order valence-electron chi connectivity index (χ0n) is 15.6. The molecule has 1 amide bonds. The minimum atomic E-state index is -0.646. The number of amides is 1. The Balaban J connectivity index is 1.81. The number of hydrogen-bond acceptors (Lipinski definition) is 4. The first kappa shape index (κ1) is 19.0. The molecule has 1 aromatic heterocycles. The van der Waals surface area contributed by atoms with E-state index in [0.717, 1.165) is 24.8 Å². The van der Waals surface area contributed by atoms with Crippen molar-refractivity contribution in [2.45, 2.75) is 45.1 Å². The molecule has 5 nitrogen and oxygen atoms in total. The summed E-state index contributed by atoms with van der Waals surface area (Å²) in [6, 6.07) is 12.5. The third kappa shape index (κ3) is 4.13. The number of aliphatic hydroxyl groups excluding tert-OH is 1. The van der Waals surface area contributed by atoms with Gasteiger partial charge in [-0.1, -0.05) is 50.1 Å². The Morgan fingerprint density at radius 2 is 1.93 bits per heavy atom. The summed E-state index contributed by atoms with van der Waals surface area (Å²) in [6.07, 6.45) is 5.13. The maximum Gasteiger partial charge on any atom is 0.290 e. The highest BCUT2D eigenvalue weighted by atomic mass is 16.3. The van der Waals surface area contributed by atoms with Crippen LogP contribution in [0.1, 0.15) is 50.0 Å². The number of ketones is 1. The number of carbonyl (C=O) groups is 2. The molecule has 2 heterocycles. The monoisotopic (exact) mass is 367 g/mol. The van der Waals surface area contributed by atoms with Crippen LogP contribution in [0.4, 0.5) is 0 Å². The summed E-state index contributed by atoms with van der Waals surface area (Å²) >= 11 is 0. The molecule has 1 atom stereocenters. The normalized spacial score (nSPS) is 17.0. The van der Waals surface area contributed by atoms with Crippen molar-refractivity contribution in [1.82, 2.24) is 4.90 Å². The van der Waals surface area contributed by atoms with Crippen molar-refractivity contribution < 1.29 is 19.1 Å². The number of furan rings is 1. The van der Waals surface area contributed by atoms with E-state index in [2.05, 4.69) is 6.92 Å². The molecule has 3 rings (SSSR count). The van der Waals surface area contributed by atoms with Crippen LogP contribution in [0.2, 0.25) is 0 Å². The van der Waals surface area contributed by atoms with Crippen molar-refractivity contribution in [2.24, 2.45) is 0 Å². The molecule has 0 aliphatic carbocycles. The van der Waals surface area contributed by atoms with Crippen LogP contribution in [0, 0.1) is 0 Å². The maximum absolute atomic E-state index is 12.9. The van der Waals surface area contributed by atoms with Crippen LogP contribution >= 0.6 is 0 Å². The van der Waals surface area contributed by atoms with Gasteiger partial charge in [-0.2, -0.15) is 0 Å². The summed E-state index contributed by atoms with van der Waals surface area (Å²) in [5.41, 5.74) is 1.20. The SMILES string of the molecule is CCCCCN1C(=O)C(O)=C(C(=O)CCc2ccccc2)C1c1ccco1. The van der Waals surface area contributed by atoms with Crippen LogP contribution in [-0.4, -0.2) is 28.2 Å². The van der Waals surface area contributed by atoms with E-state index in [-0.39, 0.29) is 17.8 Å². The van der Waals surface area contributed by atoms with Gasteiger partial charge in [0.05, 0.1) is 11.8 Å². The zero-order chi connectivity index (χ0) is 19.2. The molecular weight excluding hydrogens is 342 g/mol. The fourth-order valence-electron chi connectivity index (χ4n) is 3.48. The van der Waals surface area contributed by atoms with Gasteiger partial charge in [0.1, 0.15) is 11.8 Å². The van der Waals surface area contributed by atoms with Gasteiger partial charge in [0.2, 0.25) is 0 Å². The summed E-state index contributed by atoms with van der Waals surface area (Å²) < 4.78 is 5.50. The molecular formula is C22H25NO4. The molecule has 1 aliphatic heterocycles. The number of carbonyl (C=O) groups excluding carboxylic acids is 2. The quantitative estimate of drug-likeness (QED) is 0.668. The highest BCUT2D eigenvalue weighted by Crippen LogP contribution is 2.38. The van der Waals surface area contributed by atoms with Crippen molar-refractivity contribution >= 4 is 11.7 Å². The van der Waals surface area contributed by atoms with Crippen molar-refractivity contribution in [3.8, 4) is 0 Å². The van der Waals surface area contributed by atoms with E-state index in [9.17, 15) is 14.7 Å². The first-order chi connectivity index (χ1) is 13.1. The lowest BCUT2D eigenvalue weighted by Gasteiger charge is -2.24. The minimum Gasteiger partial charge on any atom is -0.503 e. The van der Waals surface area contributed by atoms with Gasteiger partial charge in [0, 0.05) is 13.0 Å². The van der Waals surface area contributed by atoms with Gasteiger partial charge in [-0.15, -0.1) is 0 Å². The second-order valence-corrected chi connectivity index (χ2v) is 6.79. The maximum atomic E-state index is 12.9. The summed E-state index contributed by atoms with van der Waals surface area (Å²) in [5, 5.41) is 10.4. The smallest absolute Gasteiger partial charge is 0.290 e. The molecule has 0 fully saturated rings. The third-order valence-corrected chi connectivity index (χ3v) is 4.90. The number of aryl methyl sites for hydroxylation is 1. The molecule has 2 aromatic rings. The predicted octanol–water partition coefficient (Wildman–Crippen LogP) is 4.37. The van der Waals surface area contributed by atoms with Crippen LogP contribution in [-0.2, 0) is 16.0 Å². The number of benzene rings is 1. The highest BCUT2D eigenvalue weighted by molar-refractivity contribution is 6.08. The van der Waals surface area contributed by atoms with Gasteiger partial charge < -0.3 is 14.4 Å². The lowest BCUT2D eigenvalue weighted by Crippen LogP contribution is -2.32. The molecule has 27 heavy (non-hydrogen) atoms. The molecule has 0 radical (unpaired) electrons. The lowest BCUT2D eigenvalue weighted by molar-refractivity contribution is -0.129. The first-order valence-corrected chi connectivity index (χ1v) is 9.48. The van der Waals surface area contributed by atoms with Gasteiger partial charge in [0.15, 0.2) is 11.5 Å². The molecule has 1 aromatic carbocycles. The average Bonchev–Trinajstić information content (AvgIpc) is 3.29. The third-order valence-electron chi connectivity index (χ3n) is 4.90. The van der Waals surface area contributed by atoms with E-state index < -0.39 is 17.7 Å². The number of nitrogens with zero attached hydrogens (tertiary/aromatic N) is 1. The fourth-order valence-corrected chi connectivity index (χ4v) is 3.48. The van der Waals surface area contributed by atoms with Crippen LogP contribution in [0.3, 0.4) is 0 Å². The summed E-state index contributed by atoms with van der Waals surface area (Å²) in [5.74, 6) is -0.641. The van der Waals surface area contributed by atoms with Crippen molar-refractivity contribution in [1.29, 1.82) is 0 Å². The van der Waals surface area contributed by atoms with E-state index in [4.69, 9.17) is 4.42 Å². The Labute approximate surface area is 159 Å². The largest absolute Gasteiger partial charge is 0.503 e. The predicted molar refractivity (Wildman–Crippen MR) is 102 cm³/mol. The molecule has 0 bridgehead atoms.